The molecule has 0 spiro atoms. The number of fused-ring (bicyclic) bond motifs is 12. The highest BCUT2D eigenvalue weighted by Gasteiger charge is 2.34. The summed E-state index contributed by atoms with van der Waals surface area (Å²) in [5.41, 5.74) is 13.1. The third-order valence-corrected chi connectivity index (χ3v) is 11.3. The highest BCUT2D eigenvalue weighted by Crippen LogP contribution is 2.51. The number of hydrogen-bond acceptors (Lipinski definition) is 3. The van der Waals surface area contributed by atoms with E-state index in [2.05, 4.69) is 174 Å². The van der Waals surface area contributed by atoms with Crippen LogP contribution >= 0.6 is 0 Å². The predicted octanol–water partition coefficient (Wildman–Crippen LogP) is 12.6. The summed E-state index contributed by atoms with van der Waals surface area (Å²) in [7, 11) is 0. The Morgan fingerprint density at radius 2 is 1.23 bits per heavy atom. The van der Waals surface area contributed by atoms with Gasteiger partial charge in [-0.05, 0) is 76.2 Å². The van der Waals surface area contributed by atoms with Crippen LogP contribution in [0.3, 0.4) is 0 Å². The van der Waals surface area contributed by atoms with Crippen LogP contribution in [0.2, 0.25) is 0 Å². The molecule has 8 aromatic carbocycles. The van der Waals surface area contributed by atoms with Gasteiger partial charge in [-0.2, -0.15) is 0 Å². The molecule has 12 rings (SSSR count). The minimum atomic E-state index is -0.152. The topological polar surface area (TPSA) is 43.9 Å². The average Bonchev–Trinajstić information content (AvgIpc) is 3.87. The Morgan fingerprint density at radius 3 is 2.15 bits per heavy atom. The maximum atomic E-state index is 6.63. The van der Waals surface area contributed by atoms with Crippen molar-refractivity contribution in [2.24, 2.45) is 0 Å². The predicted molar refractivity (Wildman–Crippen MR) is 217 cm³/mol. The van der Waals surface area contributed by atoms with Crippen LogP contribution in [-0.4, -0.2) is 14.5 Å². The molecule has 1 aliphatic carbocycles. The quantitative estimate of drug-likeness (QED) is 0.187. The molecule has 1 aliphatic rings. The second-order valence-electron chi connectivity index (χ2n) is 14.1. The van der Waals surface area contributed by atoms with Gasteiger partial charge in [-0.3, -0.25) is 0 Å². The molecule has 1 atom stereocenters. The van der Waals surface area contributed by atoms with Crippen LogP contribution in [0, 0.1) is 0 Å². The Balaban J connectivity index is 1.15. The largest absolute Gasteiger partial charge is 0.455 e. The van der Waals surface area contributed by atoms with Crippen molar-refractivity contribution < 1.29 is 4.42 Å². The summed E-state index contributed by atoms with van der Waals surface area (Å²) in [6.07, 6.45) is 0. The first kappa shape index (κ1) is 28.6. The average molecular weight is 676 g/mol. The van der Waals surface area contributed by atoms with Gasteiger partial charge in [0.2, 0.25) is 0 Å². The first-order valence-corrected chi connectivity index (χ1v) is 18.1. The van der Waals surface area contributed by atoms with Crippen LogP contribution in [0.25, 0.3) is 93.5 Å². The number of rotatable bonds is 3. The molecule has 3 heterocycles. The summed E-state index contributed by atoms with van der Waals surface area (Å²) in [6.45, 7) is 0. The zero-order valence-corrected chi connectivity index (χ0v) is 28.5. The van der Waals surface area contributed by atoms with Crippen molar-refractivity contribution in [1.82, 2.24) is 14.5 Å². The van der Waals surface area contributed by atoms with E-state index in [1.807, 2.05) is 0 Å². The molecule has 53 heavy (non-hydrogen) atoms. The number of furan rings is 1. The third kappa shape index (κ3) is 4.00. The SMILES string of the molecule is c1ccc(-n2c3ccccc3c3cc4c(cc32)C(c2nc(-c3cccc5oc6c7ccccc7ccc6c35)c3ccccc3n2)c2ccccc2-4)cc1. The standard InChI is InChI=1S/C49H29N3O/c1-2-14-30(15-3-1)52-42-23-11-9-18-33(42)39-27-38-32-17-6-7-19-34(32)46(40(38)28-43(39)52)49-50-41-22-10-8-20-35(41)47(51-49)36-21-12-24-44-45(36)37-26-25-29-13-4-5-16-31(29)48(37)53-44/h1-28,46H. The van der Waals surface area contributed by atoms with E-state index in [-0.39, 0.29) is 5.92 Å². The molecular formula is C49H29N3O. The van der Waals surface area contributed by atoms with E-state index in [9.17, 15) is 0 Å². The summed E-state index contributed by atoms with van der Waals surface area (Å²) in [6, 6.07) is 60.5. The maximum Gasteiger partial charge on any atom is 0.143 e. The molecule has 0 saturated carbocycles. The molecule has 0 bridgehead atoms. The van der Waals surface area contributed by atoms with Gasteiger partial charge >= 0.3 is 0 Å². The Bertz CT molecular complexity index is 3300. The Hall–Kier alpha value is -7.04. The Labute approximate surface area is 304 Å². The summed E-state index contributed by atoms with van der Waals surface area (Å²) in [5, 5.41) is 7.94. The highest BCUT2D eigenvalue weighted by molar-refractivity contribution is 6.20. The molecule has 1 unspecified atom stereocenters. The zero-order valence-electron chi connectivity index (χ0n) is 28.5. The van der Waals surface area contributed by atoms with Crippen molar-refractivity contribution in [3.63, 3.8) is 0 Å². The van der Waals surface area contributed by atoms with Crippen molar-refractivity contribution in [2.45, 2.75) is 5.92 Å². The van der Waals surface area contributed by atoms with Crippen molar-refractivity contribution >= 4 is 65.4 Å². The molecule has 3 aromatic heterocycles. The van der Waals surface area contributed by atoms with Gasteiger partial charge < -0.3 is 8.98 Å². The van der Waals surface area contributed by atoms with Crippen molar-refractivity contribution in [3.05, 3.63) is 187 Å². The highest BCUT2D eigenvalue weighted by atomic mass is 16.3. The van der Waals surface area contributed by atoms with Gasteiger partial charge in [-0.1, -0.05) is 121 Å². The Morgan fingerprint density at radius 1 is 0.472 bits per heavy atom. The fourth-order valence-electron chi connectivity index (χ4n) is 8.98. The molecule has 4 nitrogen and oxygen atoms in total. The molecule has 0 N–H and O–H groups in total. The van der Waals surface area contributed by atoms with Crippen LogP contribution in [0.4, 0.5) is 0 Å². The van der Waals surface area contributed by atoms with E-state index in [0.29, 0.717) is 0 Å². The monoisotopic (exact) mass is 675 g/mol. The van der Waals surface area contributed by atoms with Gasteiger partial charge in [0.05, 0.1) is 28.2 Å². The van der Waals surface area contributed by atoms with E-state index >= 15 is 0 Å². The van der Waals surface area contributed by atoms with Crippen LogP contribution in [0.1, 0.15) is 22.9 Å². The van der Waals surface area contributed by atoms with Crippen molar-refractivity contribution in [3.8, 4) is 28.1 Å². The van der Waals surface area contributed by atoms with E-state index in [1.54, 1.807) is 0 Å². The van der Waals surface area contributed by atoms with Crippen molar-refractivity contribution in [2.75, 3.05) is 0 Å². The van der Waals surface area contributed by atoms with Crippen molar-refractivity contribution in [1.29, 1.82) is 0 Å². The van der Waals surface area contributed by atoms with Crippen LogP contribution < -0.4 is 0 Å². The second-order valence-corrected chi connectivity index (χ2v) is 14.1. The Kier molecular flexibility index (Phi) is 5.80. The lowest BCUT2D eigenvalue weighted by atomic mass is 9.94. The molecule has 11 aromatic rings. The van der Waals surface area contributed by atoms with E-state index < -0.39 is 0 Å². The lowest BCUT2D eigenvalue weighted by Crippen LogP contribution is -2.07. The number of hydrogen-bond donors (Lipinski definition) is 0. The first-order valence-electron chi connectivity index (χ1n) is 18.1. The summed E-state index contributed by atoms with van der Waals surface area (Å²) >= 11 is 0. The van der Waals surface area contributed by atoms with Gasteiger partial charge in [0.15, 0.2) is 0 Å². The number of nitrogens with zero attached hydrogens (tertiary/aromatic N) is 3. The van der Waals surface area contributed by atoms with E-state index in [1.165, 1.54) is 44.1 Å². The minimum absolute atomic E-state index is 0.152. The normalized spacial score (nSPS) is 13.8. The fourth-order valence-corrected chi connectivity index (χ4v) is 8.98. The van der Waals surface area contributed by atoms with Gasteiger partial charge in [0.1, 0.15) is 17.0 Å². The first-order chi connectivity index (χ1) is 26.3. The van der Waals surface area contributed by atoms with Gasteiger partial charge in [0, 0.05) is 43.6 Å². The van der Waals surface area contributed by atoms with Gasteiger partial charge in [0.25, 0.3) is 0 Å². The summed E-state index contributed by atoms with van der Waals surface area (Å²) in [5.74, 6) is 0.641. The van der Waals surface area contributed by atoms with Gasteiger partial charge in [-0.25, -0.2) is 9.97 Å². The summed E-state index contributed by atoms with van der Waals surface area (Å²) < 4.78 is 9.03. The number of para-hydroxylation sites is 3. The second kappa shape index (κ2) is 10.7. The number of aromatic nitrogens is 3. The molecule has 0 fully saturated rings. The van der Waals surface area contributed by atoms with Gasteiger partial charge in [-0.15, -0.1) is 0 Å². The molecule has 246 valence electrons. The smallest absolute Gasteiger partial charge is 0.143 e. The van der Waals surface area contributed by atoms with Crippen LogP contribution in [0.5, 0.6) is 0 Å². The lowest BCUT2D eigenvalue weighted by Gasteiger charge is -2.17. The zero-order chi connectivity index (χ0) is 34.6. The van der Waals surface area contributed by atoms with Crippen LogP contribution in [0.15, 0.2) is 174 Å². The van der Waals surface area contributed by atoms with E-state index in [0.717, 1.165) is 66.4 Å². The van der Waals surface area contributed by atoms with E-state index in [4.69, 9.17) is 14.4 Å². The lowest BCUT2D eigenvalue weighted by molar-refractivity contribution is 0.673. The van der Waals surface area contributed by atoms with Crippen LogP contribution in [-0.2, 0) is 0 Å². The minimum Gasteiger partial charge on any atom is -0.455 e. The molecular weight excluding hydrogens is 647 g/mol. The fraction of sp³-hybridized carbons (Fsp3) is 0.0204. The third-order valence-electron chi connectivity index (χ3n) is 11.3. The molecule has 0 aliphatic heterocycles. The summed E-state index contributed by atoms with van der Waals surface area (Å²) in [4.78, 5) is 11.0. The molecule has 4 heteroatoms. The molecule has 0 radical (unpaired) electrons. The molecule has 0 saturated heterocycles. The number of benzene rings is 8. The molecule has 0 amide bonds. The maximum absolute atomic E-state index is 6.63.